The van der Waals surface area contributed by atoms with Gasteiger partial charge >= 0.3 is 0 Å². The third kappa shape index (κ3) is 2.57. The molecule has 3 aromatic rings. The Morgan fingerprint density at radius 3 is 2.47 bits per heavy atom. The molecule has 0 fully saturated rings. The summed E-state index contributed by atoms with van der Waals surface area (Å²) in [5, 5.41) is 8.06. The summed E-state index contributed by atoms with van der Waals surface area (Å²) in [6.45, 7) is 0.716. The number of thiophene rings is 1. The predicted octanol–water partition coefficient (Wildman–Crippen LogP) is 5.82. The van der Waals surface area contributed by atoms with Crippen LogP contribution in [-0.4, -0.2) is 0 Å². The molecule has 0 atom stereocenters. The Hall–Kier alpha value is -1.22. The van der Waals surface area contributed by atoms with Gasteiger partial charge in [0.05, 0.1) is 15.7 Å². The van der Waals surface area contributed by atoms with E-state index in [1.165, 1.54) is 15.6 Å². The van der Waals surface area contributed by atoms with Crippen molar-refractivity contribution in [2.45, 2.75) is 6.54 Å². The summed E-state index contributed by atoms with van der Waals surface area (Å²) in [6.07, 6.45) is 0. The van der Waals surface area contributed by atoms with Crippen molar-refractivity contribution in [2.75, 3.05) is 5.32 Å². The molecule has 0 amide bonds. The lowest BCUT2D eigenvalue weighted by Crippen LogP contribution is -1.99. The van der Waals surface area contributed by atoms with Crippen molar-refractivity contribution in [1.82, 2.24) is 0 Å². The topological polar surface area (TPSA) is 12.0 Å². The second-order valence-corrected chi connectivity index (χ2v) is 5.93. The van der Waals surface area contributed by atoms with Gasteiger partial charge in [-0.2, -0.15) is 0 Å². The zero-order valence-electron chi connectivity index (χ0n) is 9.99. The van der Waals surface area contributed by atoms with E-state index in [4.69, 9.17) is 23.2 Å². The van der Waals surface area contributed by atoms with E-state index in [1.807, 2.05) is 18.2 Å². The van der Waals surface area contributed by atoms with Crippen LogP contribution in [0.25, 0.3) is 10.1 Å². The van der Waals surface area contributed by atoms with E-state index in [1.54, 1.807) is 11.3 Å². The van der Waals surface area contributed by atoms with Crippen molar-refractivity contribution >= 4 is 50.3 Å². The molecule has 0 saturated carbocycles. The third-order valence-electron chi connectivity index (χ3n) is 2.98. The van der Waals surface area contributed by atoms with Gasteiger partial charge in [-0.15, -0.1) is 11.3 Å². The molecule has 0 spiro atoms. The van der Waals surface area contributed by atoms with Crippen LogP contribution >= 0.6 is 34.5 Å². The van der Waals surface area contributed by atoms with Gasteiger partial charge in [0.2, 0.25) is 0 Å². The van der Waals surface area contributed by atoms with Gasteiger partial charge < -0.3 is 5.32 Å². The van der Waals surface area contributed by atoms with Gasteiger partial charge in [-0.25, -0.2) is 0 Å². The van der Waals surface area contributed by atoms with Crippen molar-refractivity contribution < 1.29 is 0 Å². The highest BCUT2D eigenvalue weighted by Crippen LogP contribution is 2.31. The Morgan fingerprint density at radius 2 is 1.68 bits per heavy atom. The molecular weight excluding hydrogens is 297 g/mol. The molecule has 3 rings (SSSR count). The molecule has 1 N–H and O–H groups in total. The number of benzene rings is 2. The van der Waals surface area contributed by atoms with Crippen LogP contribution in [0.15, 0.2) is 47.8 Å². The van der Waals surface area contributed by atoms with Crippen molar-refractivity contribution in [3.63, 3.8) is 0 Å². The van der Waals surface area contributed by atoms with Crippen molar-refractivity contribution in [1.29, 1.82) is 0 Å². The van der Waals surface area contributed by atoms with Gasteiger partial charge in [-0.3, -0.25) is 0 Å². The molecular formula is C15H11Cl2NS. The first-order chi connectivity index (χ1) is 9.25. The number of halogens is 2. The fourth-order valence-corrected chi connectivity index (χ4v) is 3.51. The summed E-state index contributed by atoms with van der Waals surface area (Å²) < 4.78 is 1.30. The molecule has 4 heteroatoms. The van der Waals surface area contributed by atoms with Crippen molar-refractivity contribution in [3.05, 3.63) is 63.5 Å². The van der Waals surface area contributed by atoms with E-state index in [2.05, 4.69) is 35.0 Å². The molecule has 1 aromatic heterocycles. The van der Waals surface area contributed by atoms with Crippen LogP contribution in [0.3, 0.4) is 0 Å². The highest BCUT2D eigenvalue weighted by atomic mass is 35.5. The van der Waals surface area contributed by atoms with Gasteiger partial charge in [0.15, 0.2) is 0 Å². The minimum atomic E-state index is 0.645. The number of nitrogens with one attached hydrogen (secondary N) is 1. The maximum atomic E-state index is 6.14. The van der Waals surface area contributed by atoms with Crippen LogP contribution in [0.4, 0.5) is 5.69 Å². The Morgan fingerprint density at radius 1 is 0.947 bits per heavy atom. The molecule has 0 unspecified atom stereocenters. The van der Waals surface area contributed by atoms with Crippen molar-refractivity contribution in [2.24, 2.45) is 0 Å². The van der Waals surface area contributed by atoms with Crippen LogP contribution in [-0.2, 0) is 6.54 Å². The quantitative estimate of drug-likeness (QED) is 0.643. The minimum Gasteiger partial charge on any atom is -0.378 e. The summed E-state index contributed by atoms with van der Waals surface area (Å²) in [7, 11) is 0. The van der Waals surface area contributed by atoms with Crippen LogP contribution in [0, 0.1) is 0 Å². The number of fused-ring (bicyclic) bond motifs is 1. The molecule has 1 nitrogen and oxygen atoms in total. The van der Waals surface area contributed by atoms with Crippen LogP contribution in [0.1, 0.15) is 5.56 Å². The monoisotopic (exact) mass is 307 g/mol. The van der Waals surface area contributed by atoms with Gasteiger partial charge in [-0.05, 0) is 34.5 Å². The number of rotatable bonds is 3. The average Bonchev–Trinajstić information content (AvgIpc) is 2.82. The summed E-state index contributed by atoms with van der Waals surface area (Å²) in [5.74, 6) is 0. The Balaban J connectivity index is 1.87. The number of para-hydroxylation sites is 1. The maximum absolute atomic E-state index is 6.14. The third-order valence-corrected chi connectivity index (χ3v) is 4.62. The van der Waals surface area contributed by atoms with Crippen molar-refractivity contribution in [3.8, 4) is 0 Å². The molecule has 96 valence electrons. The van der Waals surface area contributed by atoms with E-state index >= 15 is 0 Å². The van der Waals surface area contributed by atoms with Crippen LogP contribution < -0.4 is 5.32 Å². The van der Waals surface area contributed by atoms with Gasteiger partial charge in [-0.1, -0.05) is 47.5 Å². The molecule has 0 aliphatic rings. The van der Waals surface area contributed by atoms with Gasteiger partial charge in [0.25, 0.3) is 0 Å². The predicted molar refractivity (Wildman–Crippen MR) is 85.6 cm³/mol. The molecule has 1 heterocycles. The van der Waals surface area contributed by atoms with Crippen LogP contribution in [0.5, 0.6) is 0 Å². The van der Waals surface area contributed by atoms with Crippen LogP contribution in [0.2, 0.25) is 10.0 Å². The first-order valence-corrected chi connectivity index (χ1v) is 7.52. The first kappa shape index (κ1) is 12.8. The van der Waals surface area contributed by atoms with E-state index < -0.39 is 0 Å². The molecule has 0 aliphatic carbocycles. The molecule has 0 radical (unpaired) electrons. The summed E-state index contributed by atoms with van der Waals surface area (Å²) >= 11 is 14.0. The lowest BCUT2D eigenvalue weighted by Gasteiger charge is -2.09. The summed E-state index contributed by atoms with van der Waals surface area (Å²) in [4.78, 5) is 0. The lowest BCUT2D eigenvalue weighted by atomic mass is 10.2. The minimum absolute atomic E-state index is 0.645. The maximum Gasteiger partial charge on any atom is 0.0721 e. The fraction of sp³-hybridized carbons (Fsp3) is 0.0667. The summed E-state index contributed by atoms with van der Waals surface area (Å²) in [5.41, 5.74) is 2.05. The second-order valence-electron chi connectivity index (χ2n) is 4.21. The Labute approximate surface area is 125 Å². The Bertz CT molecular complexity index is 701. The molecule has 19 heavy (non-hydrogen) atoms. The normalized spacial score (nSPS) is 10.8. The van der Waals surface area contributed by atoms with Gasteiger partial charge in [0, 0.05) is 11.2 Å². The fourth-order valence-electron chi connectivity index (χ4n) is 2.02. The smallest absolute Gasteiger partial charge is 0.0721 e. The highest BCUT2D eigenvalue weighted by Gasteiger charge is 2.07. The lowest BCUT2D eigenvalue weighted by molar-refractivity contribution is 1.18. The van der Waals surface area contributed by atoms with Gasteiger partial charge in [0.1, 0.15) is 0 Å². The zero-order chi connectivity index (χ0) is 13.2. The Kier molecular flexibility index (Phi) is 3.65. The average molecular weight is 308 g/mol. The standard InChI is InChI=1S/C15H11Cl2NS/c16-12-5-3-6-13(17)15(12)18-8-10-9-19-14-7-2-1-4-11(10)14/h1-7,9,18H,8H2. The molecule has 0 saturated heterocycles. The SMILES string of the molecule is Clc1cccc(Cl)c1NCc1csc2ccccc12. The van der Waals surface area contributed by atoms with E-state index in [0.29, 0.717) is 16.6 Å². The molecule has 0 aliphatic heterocycles. The molecule has 2 aromatic carbocycles. The van der Waals surface area contributed by atoms with E-state index in [-0.39, 0.29) is 0 Å². The van der Waals surface area contributed by atoms with E-state index in [0.717, 1.165) is 5.69 Å². The number of hydrogen-bond donors (Lipinski definition) is 1. The first-order valence-electron chi connectivity index (χ1n) is 5.88. The zero-order valence-corrected chi connectivity index (χ0v) is 12.3. The summed E-state index contributed by atoms with van der Waals surface area (Å²) in [6, 6.07) is 13.9. The van der Waals surface area contributed by atoms with E-state index in [9.17, 15) is 0 Å². The largest absolute Gasteiger partial charge is 0.378 e. The second kappa shape index (κ2) is 5.41. The highest BCUT2D eigenvalue weighted by molar-refractivity contribution is 7.17. The number of hydrogen-bond acceptors (Lipinski definition) is 2. The number of anilines is 1. The molecule has 0 bridgehead atoms.